The zero-order valence-corrected chi connectivity index (χ0v) is 23.2. The van der Waals surface area contributed by atoms with E-state index in [1.54, 1.807) is 7.11 Å². The van der Waals surface area contributed by atoms with Gasteiger partial charge in [-0.05, 0) is 68.8 Å². The van der Waals surface area contributed by atoms with Gasteiger partial charge in [0.15, 0.2) is 23.7 Å². The zero-order chi connectivity index (χ0) is 29.1. The molecule has 10 heteroatoms. The summed E-state index contributed by atoms with van der Waals surface area (Å²) < 4.78 is 19.0. The molecular weight excluding hydrogens is 530 g/mol. The van der Waals surface area contributed by atoms with Gasteiger partial charge in [0.1, 0.15) is 12.2 Å². The van der Waals surface area contributed by atoms with Gasteiger partial charge in [-0.2, -0.15) is 0 Å². The van der Waals surface area contributed by atoms with Crippen LogP contribution in [-0.4, -0.2) is 95.0 Å². The van der Waals surface area contributed by atoms with Crippen molar-refractivity contribution in [2.45, 2.75) is 68.0 Å². The summed E-state index contributed by atoms with van der Waals surface area (Å²) in [4.78, 5) is 22.2. The molecule has 7 rings (SSSR count). The lowest BCUT2D eigenvalue weighted by atomic mass is 9.45. The van der Waals surface area contributed by atoms with Gasteiger partial charge in [-0.1, -0.05) is 36.4 Å². The Morgan fingerprint density at radius 3 is 2.39 bits per heavy atom. The molecule has 6 unspecified atom stereocenters. The number of carboxylic acids is 2. The molecule has 0 amide bonds. The molecule has 8 atom stereocenters. The molecule has 2 bridgehead atoms. The van der Waals surface area contributed by atoms with E-state index >= 15 is 0 Å². The number of hydrogen-bond donors (Lipinski definition) is 4. The Bertz CT molecular complexity index is 1320. The van der Waals surface area contributed by atoms with Crippen molar-refractivity contribution in [3.63, 3.8) is 0 Å². The molecule has 2 saturated heterocycles. The van der Waals surface area contributed by atoms with E-state index in [0.29, 0.717) is 12.0 Å². The van der Waals surface area contributed by atoms with Crippen molar-refractivity contribution in [3.05, 3.63) is 59.2 Å². The summed E-state index contributed by atoms with van der Waals surface area (Å²) in [5, 5.41) is 32.5. The summed E-state index contributed by atoms with van der Waals surface area (Å²) in [6.07, 6.45) is 1.64. The molecule has 41 heavy (non-hydrogen) atoms. The molecule has 2 aromatic rings. The number of hydrogen-bond acceptors (Lipinski definition) is 8. The van der Waals surface area contributed by atoms with Crippen molar-refractivity contribution in [2.75, 3.05) is 27.3 Å². The number of methoxy groups -OCH3 is 1. The molecule has 1 saturated carbocycles. The van der Waals surface area contributed by atoms with Crippen molar-refractivity contribution >= 4 is 11.9 Å². The number of aliphatic carboxylic acids is 2. The summed E-state index contributed by atoms with van der Waals surface area (Å²) in [6.45, 7) is 2.02. The molecule has 2 aliphatic carbocycles. The molecule has 1 spiro atoms. The first-order chi connectivity index (χ1) is 19.6. The average Bonchev–Trinajstić information content (AvgIpc) is 3.29. The minimum Gasteiger partial charge on any atom is -0.493 e. The Hall–Kier alpha value is -3.18. The van der Waals surface area contributed by atoms with Crippen LogP contribution in [0.25, 0.3) is 0 Å². The third-order valence-corrected chi connectivity index (χ3v) is 10.3. The van der Waals surface area contributed by atoms with Crippen LogP contribution in [0.5, 0.6) is 11.5 Å². The molecule has 2 aromatic carbocycles. The van der Waals surface area contributed by atoms with Crippen LogP contribution in [0.1, 0.15) is 36.0 Å². The third-order valence-electron chi connectivity index (χ3n) is 10.3. The Morgan fingerprint density at radius 1 is 1.07 bits per heavy atom. The van der Waals surface area contributed by atoms with Crippen LogP contribution in [0.2, 0.25) is 0 Å². The van der Waals surface area contributed by atoms with Gasteiger partial charge in [-0.25, -0.2) is 9.59 Å². The predicted octanol–water partition coefficient (Wildman–Crippen LogP) is 1.87. The van der Waals surface area contributed by atoms with Crippen LogP contribution in [-0.2, 0) is 32.6 Å². The number of rotatable bonds is 7. The molecule has 0 radical (unpaired) electrons. The lowest BCUT2D eigenvalue weighted by Gasteiger charge is -2.66. The normalized spacial score (nSPS) is 33.5. The number of aryl methyl sites for hydroxylation is 1. The first kappa shape index (κ1) is 28.0. The minimum absolute atomic E-state index is 0.0932. The predicted molar refractivity (Wildman–Crippen MR) is 146 cm³/mol. The van der Waals surface area contributed by atoms with E-state index in [1.165, 1.54) is 29.5 Å². The molecule has 4 N–H and O–H groups in total. The van der Waals surface area contributed by atoms with Gasteiger partial charge in [-0.3, -0.25) is 0 Å². The van der Waals surface area contributed by atoms with Crippen LogP contribution in [0.4, 0.5) is 0 Å². The molecule has 3 aliphatic heterocycles. The van der Waals surface area contributed by atoms with E-state index in [2.05, 4.69) is 54.4 Å². The fraction of sp³-hybridized carbons (Fsp3) is 0.548. The minimum atomic E-state index is -2.27. The number of likely N-dealkylation sites (N-methyl/N-ethyl adjacent to an activating group) is 1. The highest BCUT2D eigenvalue weighted by Gasteiger charge is 2.73. The molecule has 3 fully saturated rings. The maximum Gasteiger partial charge on any atom is 0.335 e. The Kier molecular flexibility index (Phi) is 7.01. The summed E-state index contributed by atoms with van der Waals surface area (Å²) in [6, 6.07) is 16.0. The quantitative estimate of drug-likeness (QED) is 0.391. The van der Waals surface area contributed by atoms with Gasteiger partial charge in [0.2, 0.25) is 0 Å². The van der Waals surface area contributed by atoms with Gasteiger partial charge < -0.3 is 39.5 Å². The van der Waals surface area contributed by atoms with E-state index < -0.39 is 24.1 Å². The number of likely N-dealkylation sites (tertiary alicyclic amines) is 1. The number of aliphatic hydroxyl groups excluding tert-OH is 2. The Morgan fingerprint density at radius 2 is 1.78 bits per heavy atom. The Balaban J connectivity index is 0.000000262. The highest BCUT2D eigenvalue weighted by Crippen LogP contribution is 2.69. The smallest absolute Gasteiger partial charge is 0.335 e. The number of fused-ring (bicyclic) bond motifs is 2. The molecular formula is C31H37NO9. The third kappa shape index (κ3) is 4.22. The number of nitrogens with zero attached hydrogens (tertiary/aromatic N) is 1. The van der Waals surface area contributed by atoms with Crippen molar-refractivity contribution in [2.24, 2.45) is 11.3 Å². The number of carbonyl (C=O) groups is 2. The molecule has 10 nitrogen and oxygen atoms in total. The van der Waals surface area contributed by atoms with Crippen molar-refractivity contribution in [3.8, 4) is 11.5 Å². The second kappa shape index (κ2) is 10.3. The number of piperidine rings is 1. The van der Waals surface area contributed by atoms with Gasteiger partial charge >= 0.3 is 11.9 Å². The van der Waals surface area contributed by atoms with Crippen LogP contribution in [0.15, 0.2) is 42.5 Å². The number of carboxylic acid groups (broad SMARTS) is 2. The van der Waals surface area contributed by atoms with E-state index in [-0.39, 0.29) is 23.0 Å². The number of benzene rings is 2. The number of ether oxygens (including phenoxy) is 3. The largest absolute Gasteiger partial charge is 0.493 e. The summed E-state index contributed by atoms with van der Waals surface area (Å²) in [5.41, 5.74) is 4.71. The summed E-state index contributed by atoms with van der Waals surface area (Å²) in [5.74, 6) is -0.988. The zero-order valence-electron chi connectivity index (χ0n) is 23.2. The Labute approximate surface area is 238 Å². The first-order valence-corrected chi connectivity index (χ1v) is 14.2. The van der Waals surface area contributed by atoms with Gasteiger partial charge in [0.05, 0.1) is 13.7 Å². The lowest BCUT2D eigenvalue weighted by molar-refractivity contribution is -0.279. The summed E-state index contributed by atoms with van der Waals surface area (Å²) >= 11 is 0. The maximum atomic E-state index is 9.77. The highest BCUT2D eigenvalue weighted by atomic mass is 16.6. The second-order valence-corrected chi connectivity index (χ2v) is 12.2. The standard InChI is InChI=1S/C27H31NO3.C4H6O6/c1-28-13-12-27-19-15-26(11-10-17-6-4-3-5-7-17)16-30-24(26)25(27)31-23-21(29-2)9-8-18(22(23)27)14-20(19)28;5-1(3(7)8)2(6)4(9)10/h3-9,19-20,24-25H,10-16H2,1-2H3;1-2,5-6H,(H,7,8)(H,9,10)/t19?,20?,24-,25?,26-,27?;/m1./s1. The molecule has 0 aromatic heterocycles. The maximum absolute atomic E-state index is 9.77. The number of aliphatic hydroxyl groups is 2. The molecule has 3 heterocycles. The highest BCUT2D eigenvalue weighted by molar-refractivity contribution is 5.83. The van der Waals surface area contributed by atoms with E-state index in [0.717, 1.165) is 43.9 Å². The van der Waals surface area contributed by atoms with E-state index in [1.807, 2.05) is 0 Å². The van der Waals surface area contributed by atoms with Crippen LogP contribution < -0.4 is 9.47 Å². The molecule has 220 valence electrons. The van der Waals surface area contributed by atoms with Crippen LogP contribution >= 0.6 is 0 Å². The second-order valence-electron chi connectivity index (χ2n) is 12.2. The SMILES string of the molecule is COc1ccc2c3c1OC1[C@H]4OC[C@@]4(CCc4ccccc4)CC4C(C2)N(C)CCC341.O=C(O)C(O)C(O)C(=O)O. The average molecular weight is 568 g/mol. The topological polar surface area (TPSA) is 146 Å². The summed E-state index contributed by atoms with van der Waals surface area (Å²) in [7, 11) is 4.10. The van der Waals surface area contributed by atoms with Gasteiger partial charge in [0.25, 0.3) is 0 Å². The van der Waals surface area contributed by atoms with E-state index in [9.17, 15) is 9.59 Å². The van der Waals surface area contributed by atoms with Crippen molar-refractivity contribution < 1.29 is 44.2 Å². The first-order valence-electron chi connectivity index (χ1n) is 14.2. The van der Waals surface area contributed by atoms with Gasteiger partial charge in [0, 0.05) is 22.4 Å². The van der Waals surface area contributed by atoms with E-state index in [4.69, 9.17) is 34.6 Å². The monoisotopic (exact) mass is 567 g/mol. The lowest BCUT2D eigenvalue weighted by Crippen LogP contribution is -2.74. The molecule has 5 aliphatic rings. The van der Waals surface area contributed by atoms with Crippen molar-refractivity contribution in [1.29, 1.82) is 0 Å². The fourth-order valence-corrected chi connectivity index (χ4v) is 8.20. The van der Waals surface area contributed by atoms with Gasteiger partial charge in [-0.15, -0.1) is 0 Å². The van der Waals surface area contributed by atoms with Crippen LogP contribution in [0.3, 0.4) is 0 Å². The fourth-order valence-electron chi connectivity index (χ4n) is 8.20. The van der Waals surface area contributed by atoms with Crippen LogP contribution in [0, 0.1) is 11.3 Å². The van der Waals surface area contributed by atoms with Crippen molar-refractivity contribution in [1.82, 2.24) is 4.90 Å².